The maximum absolute atomic E-state index is 12.3. The van der Waals surface area contributed by atoms with Gasteiger partial charge in [0.15, 0.2) is 6.10 Å². The lowest BCUT2D eigenvalue weighted by molar-refractivity contribution is -0.164. The molecule has 8 heteroatoms. The molecule has 2 N–H and O–H groups in total. The Morgan fingerprint density at radius 1 is 1.29 bits per heavy atom. The quantitative estimate of drug-likeness (QED) is 0.790. The number of methoxy groups -OCH3 is 1. The highest BCUT2D eigenvalue weighted by atomic mass is 16.6. The van der Waals surface area contributed by atoms with Crippen LogP contribution in [0.4, 0.5) is 4.79 Å². The summed E-state index contributed by atoms with van der Waals surface area (Å²) < 4.78 is 10.1. The van der Waals surface area contributed by atoms with Crippen molar-refractivity contribution in [3.63, 3.8) is 0 Å². The second kappa shape index (κ2) is 7.78. The lowest BCUT2D eigenvalue weighted by Crippen LogP contribution is -2.54. The number of esters is 1. The molecule has 0 spiro atoms. The number of benzene rings is 1. The molecule has 24 heavy (non-hydrogen) atoms. The molecule has 0 unspecified atom stereocenters. The summed E-state index contributed by atoms with van der Waals surface area (Å²) in [5.41, 5.74) is 0.965. The Balaban J connectivity index is 1.91. The normalized spacial score (nSPS) is 20.3. The van der Waals surface area contributed by atoms with Gasteiger partial charge in [0.25, 0.3) is 0 Å². The van der Waals surface area contributed by atoms with Crippen LogP contribution in [0.5, 0.6) is 0 Å². The molecule has 1 aromatic carbocycles. The van der Waals surface area contributed by atoms with Crippen LogP contribution in [0.2, 0.25) is 0 Å². The van der Waals surface area contributed by atoms with Crippen LogP contribution in [0.25, 0.3) is 0 Å². The van der Waals surface area contributed by atoms with E-state index in [0.29, 0.717) is 6.54 Å². The first-order valence-corrected chi connectivity index (χ1v) is 7.49. The van der Waals surface area contributed by atoms with Gasteiger partial charge in [0.1, 0.15) is 0 Å². The van der Waals surface area contributed by atoms with E-state index in [2.05, 4.69) is 10.1 Å². The number of hydrogen-bond donors (Lipinski definition) is 2. The topological polar surface area (TPSA) is 105 Å². The van der Waals surface area contributed by atoms with Gasteiger partial charge in [0, 0.05) is 13.1 Å². The summed E-state index contributed by atoms with van der Waals surface area (Å²) in [6.45, 7) is 2.53. The second-order valence-electron chi connectivity index (χ2n) is 5.52. The Morgan fingerprint density at radius 2 is 1.96 bits per heavy atom. The molecule has 0 aliphatic carbocycles. The van der Waals surface area contributed by atoms with E-state index in [1.165, 1.54) is 24.1 Å². The van der Waals surface area contributed by atoms with Gasteiger partial charge in [-0.1, -0.05) is 12.1 Å². The van der Waals surface area contributed by atoms with Gasteiger partial charge >= 0.3 is 18.0 Å². The van der Waals surface area contributed by atoms with Gasteiger partial charge in [-0.25, -0.2) is 14.4 Å². The van der Waals surface area contributed by atoms with E-state index in [1.54, 1.807) is 19.1 Å². The van der Waals surface area contributed by atoms with Crippen molar-refractivity contribution < 1.29 is 29.0 Å². The van der Waals surface area contributed by atoms with Crippen LogP contribution < -0.4 is 5.32 Å². The van der Waals surface area contributed by atoms with E-state index in [1.807, 2.05) is 0 Å². The minimum Gasteiger partial charge on any atom is -0.478 e. The van der Waals surface area contributed by atoms with Crippen molar-refractivity contribution in [3.05, 3.63) is 35.4 Å². The van der Waals surface area contributed by atoms with Crippen molar-refractivity contribution in [1.82, 2.24) is 10.2 Å². The number of carboxylic acid groups (broad SMARTS) is 1. The van der Waals surface area contributed by atoms with Crippen LogP contribution >= 0.6 is 0 Å². The van der Waals surface area contributed by atoms with Crippen molar-refractivity contribution >= 4 is 18.0 Å². The van der Waals surface area contributed by atoms with Gasteiger partial charge in [-0.3, -0.25) is 0 Å². The number of nitrogens with one attached hydrogen (secondary N) is 1. The summed E-state index contributed by atoms with van der Waals surface area (Å²) in [5.74, 6) is -1.51. The third-order valence-electron chi connectivity index (χ3n) is 3.66. The van der Waals surface area contributed by atoms with E-state index in [0.717, 1.165) is 5.56 Å². The fraction of sp³-hybridized carbons (Fsp3) is 0.438. The van der Waals surface area contributed by atoms with Crippen LogP contribution in [0.3, 0.4) is 0 Å². The molecule has 2 rings (SSSR count). The van der Waals surface area contributed by atoms with Crippen molar-refractivity contribution in [1.29, 1.82) is 0 Å². The van der Waals surface area contributed by atoms with Gasteiger partial charge in [-0.05, 0) is 24.6 Å². The third kappa shape index (κ3) is 4.45. The largest absolute Gasteiger partial charge is 0.478 e. The molecule has 0 aromatic heterocycles. The summed E-state index contributed by atoms with van der Waals surface area (Å²) in [4.78, 5) is 36.2. The van der Waals surface area contributed by atoms with Crippen LogP contribution in [0.1, 0.15) is 22.8 Å². The Kier molecular flexibility index (Phi) is 5.75. The molecule has 0 radical (unpaired) electrons. The van der Waals surface area contributed by atoms with Crippen molar-refractivity contribution in [2.24, 2.45) is 0 Å². The number of rotatable bonds is 4. The molecular weight excluding hydrogens is 316 g/mol. The number of carboxylic acids is 1. The number of urea groups is 1. The molecule has 2 amide bonds. The molecule has 1 saturated heterocycles. The molecule has 1 heterocycles. The summed E-state index contributed by atoms with van der Waals surface area (Å²) in [6, 6.07) is 5.93. The molecule has 0 bridgehead atoms. The number of ether oxygens (including phenoxy) is 2. The van der Waals surface area contributed by atoms with Crippen LogP contribution in [-0.4, -0.2) is 60.4 Å². The molecule has 2 atom stereocenters. The van der Waals surface area contributed by atoms with Gasteiger partial charge in [-0.2, -0.15) is 0 Å². The molecule has 8 nitrogen and oxygen atoms in total. The first kappa shape index (κ1) is 17.7. The van der Waals surface area contributed by atoms with Gasteiger partial charge in [-0.15, -0.1) is 0 Å². The zero-order valence-electron chi connectivity index (χ0n) is 13.5. The molecule has 1 aliphatic heterocycles. The number of aromatic carboxylic acids is 1. The average Bonchev–Trinajstić information content (AvgIpc) is 2.58. The molecule has 130 valence electrons. The molecule has 1 aliphatic rings. The van der Waals surface area contributed by atoms with Crippen LogP contribution in [-0.2, 0) is 20.8 Å². The third-order valence-corrected chi connectivity index (χ3v) is 3.66. The first-order chi connectivity index (χ1) is 11.4. The van der Waals surface area contributed by atoms with E-state index in [-0.39, 0.29) is 30.8 Å². The highest BCUT2D eigenvalue weighted by Crippen LogP contribution is 2.13. The van der Waals surface area contributed by atoms with Crippen LogP contribution in [0.15, 0.2) is 24.3 Å². The van der Waals surface area contributed by atoms with Crippen molar-refractivity contribution in [3.8, 4) is 0 Å². The minimum atomic E-state index is -0.998. The van der Waals surface area contributed by atoms with Gasteiger partial charge in [0.05, 0.1) is 25.3 Å². The number of morpholine rings is 1. The van der Waals surface area contributed by atoms with Crippen LogP contribution in [0, 0.1) is 0 Å². The SMILES string of the molecule is COC(=O)[C@H]1CN(C(=O)NCc2ccc(C(=O)O)cc2)C[C@@H](C)O1. The predicted molar refractivity (Wildman–Crippen MR) is 83.6 cm³/mol. The number of hydrogen-bond acceptors (Lipinski definition) is 5. The lowest BCUT2D eigenvalue weighted by atomic mass is 10.1. The summed E-state index contributed by atoms with van der Waals surface area (Å²) >= 11 is 0. The summed E-state index contributed by atoms with van der Waals surface area (Å²) in [5, 5.41) is 11.6. The number of carbonyl (C=O) groups excluding carboxylic acids is 2. The fourth-order valence-corrected chi connectivity index (χ4v) is 2.43. The Bertz CT molecular complexity index is 615. The van der Waals surface area contributed by atoms with E-state index >= 15 is 0 Å². The predicted octanol–water partition coefficient (Wildman–Crippen LogP) is 0.857. The summed E-state index contributed by atoms with van der Waals surface area (Å²) in [6.07, 6.45) is -1.07. The fourth-order valence-electron chi connectivity index (χ4n) is 2.43. The maximum Gasteiger partial charge on any atom is 0.336 e. The monoisotopic (exact) mass is 336 g/mol. The highest BCUT2D eigenvalue weighted by Gasteiger charge is 2.33. The van der Waals surface area contributed by atoms with Gasteiger partial charge < -0.3 is 24.8 Å². The maximum atomic E-state index is 12.3. The number of carbonyl (C=O) groups is 3. The standard InChI is InChI=1S/C16H20N2O6/c1-10-8-18(9-13(24-10)15(21)23-2)16(22)17-7-11-3-5-12(6-4-11)14(19)20/h3-6,10,13H,7-9H2,1-2H3,(H,17,22)(H,19,20)/t10-,13-/m1/s1. The Hall–Kier alpha value is -2.61. The zero-order chi connectivity index (χ0) is 17.7. The molecule has 0 saturated carbocycles. The zero-order valence-corrected chi connectivity index (χ0v) is 13.5. The number of amides is 2. The van der Waals surface area contributed by atoms with E-state index in [4.69, 9.17) is 9.84 Å². The number of nitrogens with zero attached hydrogens (tertiary/aromatic N) is 1. The highest BCUT2D eigenvalue weighted by molar-refractivity contribution is 5.87. The van der Waals surface area contributed by atoms with Crippen molar-refractivity contribution in [2.45, 2.75) is 25.7 Å². The average molecular weight is 336 g/mol. The molecular formula is C16H20N2O6. The summed E-state index contributed by atoms with van der Waals surface area (Å²) in [7, 11) is 1.27. The Labute approximate surface area is 139 Å². The van der Waals surface area contributed by atoms with Crippen molar-refractivity contribution in [2.75, 3.05) is 20.2 Å². The lowest BCUT2D eigenvalue weighted by Gasteiger charge is -2.35. The van der Waals surface area contributed by atoms with Gasteiger partial charge in [0.2, 0.25) is 0 Å². The van der Waals surface area contributed by atoms with E-state index < -0.39 is 18.0 Å². The minimum absolute atomic E-state index is 0.126. The first-order valence-electron chi connectivity index (χ1n) is 7.49. The molecule has 1 fully saturated rings. The second-order valence-corrected chi connectivity index (χ2v) is 5.52. The van der Waals surface area contributed by atoms with E-state index in [9.17, 15) is 14.4 Å². The molecule has 1 aromatic rings. The Morgan fingerprint density at radius 3 is 2.54 bits per heavy atom. The smallest absolute Gasteiger partial charge is 0.336 e.